The van der Waals surface area contributed by atoms with Gasteiger partial charge in [-0.2, -0.15) is 5.10 Å². The molecule has 0 aliphatic carbocycles. The Kier molecular flexibility index (Phi) is 4.48. The van der Waals surface area contributed by atoms with Crippen molar-refractivity contribution in [3.05, 3.63) is 68.5 Å². The molecule has 1 amide bonds. The number of nitrogens with one attached hydrogen (secondary N) is 2. The highest BCUT2D eigenvalue weighted by atomic mass is 35.5. The van der Waals surface area contributed by atoms with Crippen molar-refractivity contribution in [3.63, 3.8) is 0 Å². The Morgan fingerprint density at radius 1 is 1.40 bits per heavy atom. The number of aromatic nitrogens is 4. The molecular formula is C15H13ClN6O3. The van der Waals surface area contributed by atoms with Gasteiger partial charge in [-0.15, -0.1) is 5.10 Å². The van der Waals surface area contributed by atoms with Crippen molar-refractivity contribution in [2.75, 3.05) is 5.32 Å². The van der Waals surface area contributed by atoms with Crippen LogP contribution in [0.3, 0.4) is 0 Å². The van der Waals surface area contributed by atoms with Gasteiger partial charge in [-0.3, -0.25) is 9.48 Å². The zero-order valence-corrected chi connectivity index (χ0v) is 13.8. The molecule has 2 aromatic heterocycles. The number of aryl methyl sites for hydroxylation is 1. The van der Waals surface area contributed by atoms with Crippen LogP contribution in [0.2, 0.25) is 5.02 Å². The number of carbonyl (C=O) groups excluding carboxylic acids is 1. The fourth-order valence-electron chi connectivity index (χ4n) is 2.24. The maximum Gasteiger partial charge on any atom is 0.343 e. The van der Waals surface area contributed by atoms with E-state index in [1.54, 1.807) is 16.8 Å². The third-order valence-electron chi connectivity index (χ3n) is 3.44. The summed E-state index contributed by atoms with van der Waals surface area (Å²) in [6, 6.07) is 10.2. The molecule has 0 radical (unpaired) electrons. The highest BCUT2D eigenvalue weighted by molar-refractivity contribution is 6.30. The lowest BCUT2D eigenvalue weighted by Crippen LogP contribution is -2.13. The smallest absolute Gasteiger partial charge is 0.343 e. The van der Waals surface area contributed by atoms with Crippen LogP contribution in [0.5, 0.6) is 0 Å². The first-order valence-corrected chi connectivity index (χ1v) is 7.60. The topological polar surface area (TPSA) is 119 Å². The average Bonchev–Trinajstić information content (AvgIpc) is 3.15. The van der Waals surface area contributed by atoms with Gasteiger partial charge in [-0.05, 0) is 29.5 Å². The molecule has 0 aliphatic heterocycles. The lowest BCUT2D eigenvalue weighted by molar-refractivity contribution is -0.389. The van der Waals surface area contributed by atoms with E-state index in [-0.39, 0.29) is 11.5 Å². The minimum Gasteiger partial charge on any atom is -0.358 e. The van der Waals surface area contributed by atoms with E-state index in [0.29, 0.717) is 17.4 Å². The third-order valence-corrected chi connectivity index (χ3v) is 3.67. The molecule has 1 aromatic carbocycles. The Hall–Kier alpha value is -3.20. The van der Waals surface area contributed by atoms with Gasteiger partial charge in [0.15, 0.2) is 11.5 Å². The molecule has 10 heteroatoms. The molecule has 0 saturated carbocycles. The molecule has 0 atom stereocenters. The van der Waals surface area contributed by atoms with Crippen LogP contribution in [0.25, 0.3) is 0 Å². The van der Waals surface area contributed by atoms with Crippen LogP contribution in [-0.4, -0.2) is 30.8 Å². The van der Waals surface area contributed by atoms with Gasteiger partial charge in [0.05, 0.1) is 12.6 Å². The Morgan fingerprint density at radius 3 is 2.88 bits per heavy atom. The van der Waals surface area contributed by atoms with Crippen LogP contribution in [0.15, 0.2) is 36.4 Å². The summed E-state index contributed by atoms with van der Waals surface area (Å²) >= 11 is 5.97. The summed E-state index contributed by atoms with van der Waals surface area (Å²) in [4.78, 5) is 22.0. The first-order chi connectivity index (χ1) is 11.9. The summed E-state index contributed by atoms with van der Waals surface area (Å²) in [5, 5.41) is 23.9. The molecule has 0 spiro atoms. The number of aromatic amines is 1. The van der Waals surface area contributed by atoms with Gasteiger partial charge in [0.1, 0.15) is 0 Å². The van der Waals surface area contributed by atoms with E-state index >= 15 is 0 Å². The van der Waals surface area contributed by atoms with E-state index in [4.69, 9.17) is 11.6 Å². The molecule has 9 nitrogen and oxygen atoms in total. The summed E-state index contributed by atoms with van der Waals surface area (Å²) in [5.74, 6) is -0.611. The summed E-state index contributed by atoms with van der Waals surface area (Å²) in [7, 11) is 0. The van der Waals surface area contributed by atoms with E-state index in [1.165, 1.54) is 0 Å². The molecule has 25 heavy (non-hydrogen) atoms. The first-order valence-electron chi connectivity index (χ1n) is 7.22. The van der Waals surface area contributed by atoms with Crippen molar-refractivity contribution in [2.45, 2.75) is 13.5 Å². The number of hydrogen-bond donors (Lipinski definition) is 2. The van der Waals surface area contributed by atoms with Crippen LogP contribution in [-0.2, 0) is 6.54 Å². The second kappa shape index (κ2) is 6.73. The average molecular weight is 361 g/mol. The van der Waals surface area contributed by atoms with Gasteiger partial charge in [0.2, 0.25) is 0 Å². The quantitative estimate of drug-likeness (QED) is 0.535. The number of rotatable bonds is 5. The SMILES string of the molecule is Cc1cc(NC(=O)c2cc([N+](=O)[O-])[nH]n2)nn1Cc1cccc(Cl)c1. The molecule has 3 rings (SSSR count). The number of H-pyrrole nitrogens is 1. The largest absolute Gasteiger partial charge is 0.358 e. The van der Waals surface area contributed by atoms with Crippen LogP contribution in [0, 0.1) is 17.0 Å². The number of carbonyl (C=O) groups is 1. The zero-order valence-electron chi connectivity index (χ0n) is 13.1. The molecule has 0 aliphatic rings. The van der Waals surface area contributed by atoms with E-state index in [2.05, 4.69) is 20.6 Å². The molecule has 2 heterocycles. The number of benzene rings is 1. The number of hydrogen-bond acceptors (Lipinski definition) is 5. The van der Waals surface area contributed by atoms with Crippen molar-refractivity contribution in [2.24, 2.45) is 0 Å². The lowest BCUT2D eigenvalue weighted by atomic mass is 10.2. The number of nitro groups is 1. The Morgan fingerprint density at radius 2 is 2.20 bits per heavy atom. The summed E-state index contributed by atoms with van der Waals surface area (Å²) in [5.41, 5.74) is 1.72. The highest BCUT2D eigenvalue weighted by Crippen LogP contribution is 2.16. The van der Waals surface area contributed by atoms with Crippen LogP contribution >= 0.6 is 11.6 Å². The van der Waals surface area contributed by atoms with Crippen LogP contribution in [0.4, 0.5) is 11.6 Å². The molecule has 0 fully saturated rings. The number of amides is 1. The monoisotopic (exact) mass is 360 g/mol. The minimum atomic E-state index is -0.659. The van der Waals surface area contributed by atoms with E-state index in [1.807, 2.05) is 25.1 Å². The van der Waals surface area contributed by atoms with E-state index in [9.17, 15) is 14.9 Å². The Bertz CT molecular complexity index is 948. The van der Waals surface area contributed by atoms with E-state index in [0.717, 1.165) is 17.3 Å². The normalized spacial score (nSPS) is 10.6. The number of anilines is 1. The van der Waals surface area contributed by atoms with Gasteiger partial charge < -0.3 is 15.4 Å². The van der Waals surface area contributed by atoms with Gasteiger partial charge in [0.25, 0.3) is 5.91 Å². The molecule has 0 bridgehead atoms. The summed E-state index contributed by atoms with van der Waals surface area (Å²) in [6.45, 7) is 2.35. The molecule has 0 unspecified atom stereocenters. The Balaban J connectivity index is 1.73. The summed E-state index contributed by atoms with van der Waals surface area (Å²) < 4.78 is 1.72. The molecule has 2 N–H and O–H groups in total. The fourth-order valence-corrected chi connectivity index (χ4v) is 2.45. The number of halogens is 1. The van der Waals surface area contributed by atoms with Gasteiger partial charge in [-0.25, -0.2) is 0 Å². The maximum absolute atomic E-state index is 12.1. The molecule has 3 aromatic rings. The zero-order chi connectivity index (χ0) is 18.0. The van der Waals surface area contributed by atoms with Crippen molar-refractivity contribution in [1.82, 2.24) is 20.0 Å². The molecule has 0 saturated heterocycles. The van der Waals surface area contributed by atoms with Gasteiger partial charge in [0, 0.05) is 16.8 Å². The van der Waals surface area contributed by atoms with Crippen LogP contribution < -0.4 is 5.32 Å². The Labute approximate surface area is 146 Å². The van der Waals surface area contributed by atoms with E-state index < -0.39 is 10.8 Å². The molecule has 128 valence electrons. The van der Waals surface area contributed by atoms with Crippen molar-refractivity contribution < 1.29 is 9.72 Å². The standard InChI is InChI=1S/C15H13ClN6O3/c1-9-5-13(17-15(23)12-7-14(19-18-12)22(24)25)20-21(9)8-10-3-2-4-11(16)6-10/h2-7H,8H2,1H3,(H,18,19)(H,17,20,23). The predicted octanol–water partition coefficient (Wildman–Crippen LogP) is 2.78. The summed E-state index contributed by atoms with van der Waals surface area (Å²) in [6.07, 6.45) is 0. The predicted molar refractivity (Wildman–Crippen MR) is 90.7 cm³/mol. The van der Waals surface area contributed by atoms with Crippen molar-refractivity contribution in [1.29, 1.82) is 0 Å². The van der Waals surface area contributed by atoms with Crippen molar-refractivity contribution >= 4 is 29.1 Å². The van der Waals surface area contributed by atoms with Gasteiger partial charge in [-0.1, -0.05) is 28.8 Å². The van der Waals surface area contributed by atoms with Crippen molar-refractivity contribution in [3.8, 4) is 0 Å². The second-order valence-electron chi connectivity index (χ2n) is 5.31. The first kappa shape index (κ1) is 16.7. The lowest BCUT2D eigenvalue weighted by Gasteiger charge is -2.04. The minimum absolute atomic E-state index is 0.0891. The van der Waals surface area contributed by atoms with Gasteiger partial charge >= 0.3 is 5.82 Å². The third kappa shape index (κ3) is 3.83. The number of nitrogens with zero attached hydrogens (tertiary/aromatic N) is 4. The fraction of sp³-hybridized carbons (Fsp3) is 0.133. The maximum atomic E-state index is 12.1. The van der Waals surface area contributed by atoms with Crippen LogP contribution in [0.1, 0.15) is 21.7 Å². The molecular weight excluding hydrogens is 348 g/mol. The second-order valence-corrected chi connectivity index (χ2v) is 5.74. The highest BCUT2D eigenvalue weighted by Gasteiger charge is 2.17.